The zero-order valence-electron chi connectivity index (χ0n) is 7.74. The van der Waals surface area contributed by atoms with E-state index in [1.165, 1.54) is 0 Å². The molecule has 0 radical (unpaired) electrons. The number of nitriles is 1. The smallest absolute Gasteiger partial charge is 0.154 e. The zero-order valence-corrected chi connectivity index (χ0v) is 9.31. The van der Waals surface area contributed by atoms with E-state index in [9.17, 15) is 0 Å². The van der Waals surface area contributed by atoms with Crippen LogP contribution in [0.5, 0.6) is 5.75 Å². The van der Waals surface area contributed by atoms with Crippen molar-refractivity contribution in [3.05, 3.63) is 24.3 Å². The van der Waals surface area contributed by atoms with Crippen LogP contribution in [-0.2, 0) is 0 Å². The van der Waals surface area contributed by atoms with Gasteiger partial charge in [-0.1, -0.05) is 12.1 Å². The molecule has 4 heteroatoms. The number of thioether (sulfide) groups is 1. The Morgan fingerprint density at radius 3 is 2.93 bits per heavy atom. The van der Waals surface area contributed by atoms with Crippen LogP contribution in [0.15, 0.2) is 29.2 Å². The highest BCUT2D eigenvalue weighted by Gasteiger charge is 2.05. The Labute approximate surface area is 92.8 Å². The molecule has 1 aromatic rings. The van der Waals surface area contributed by atoms with Crippen molar-refractivity contribution in [1.29, 1.82) is 5.26 Å². The number of rotatable bonds is 4. The SMILES string of the molecule is CSc1ccccc1OCC(Cl)C#N. The van der Waals surface area contributed by atoms with Gasteiger partial charge in [-0.2, -0.15) is 5.26 Å². The highest BCUT2D eigenvalue weighted by Crippen LogP contribution is 2.26. The Hall–Kier alpha value is -0.850. The number of para-hydroxylation sites is 1. The quantitative estimate of drug-likeness (QED) is 0.586. The Balaban J connectivity index is 2.63. The van der Waals surface area contributed by atoms with Crippen LogP contribution in [-0.4, -0.2) is 18.2 Å². The van der Waals surface area contributed by atoms with Crippen LogP contribution in [0.3, 0.4) is 0 Å². The van der Waals surface area contributed by atoms with Gasteiger partial charge in [-0.25, -0.2) is 0 Å². The summed E-state index contributed by atoms with van der Waals surface area (Å²) in [7, 11) is 0. The second kappa shape index (κ2) is 5.79. The first-order chi connectivity index (χ1) is 6.77. The molecule has 1 aromatic carbocycles. The largest absolute Gasteiger partial charge is 0.490 e. The number of ether oxygens (including phenoxy) is 1. The molecule has 2 nitrogen and oxygen atoms in total. The van der Waals surface area contributed by atoms with Crippen molar-refractivity contribution >= 4 is 23.4 Å². The van der Waals surface area contributed by atoms with Crippen LogP contribution < -0.4 is 4.74 Å². The van der Waals surface area contributed by atoms with Crippen LogP contribution in [0.2, 0.25) is 0 Å². The summed E-state index contributed by atoms with van der Waals surface area (Å²) in [5, 5.41) is 7.88. The van der Waals surface area contributed by atoms with Crippen molar-refractivity contribution in [1.82, 2.24) is 0 Å². The number of benzene rings is 1. The number of alkyl halides is 1. The van der Waals surface area contributed by atoms with Gasteiger partial charge >= 0.3 is 0 Å². The van der Waals surface area contributed by atoms with Gasteiger partial charge in [-0.3, -0.25) is 0 Å². The van der Waals surface area contributed by atoms with Gasteiger partial charge < -0.3 is 4.74 Å². The molecule has 0 spiro atoms. The second-order valence-electron chi connectivity index (χ2n) is 2.56. The fourth-order valence-electron chi connectivity index (χ4n) is 0.938. The van der Waals surface area contributed by atoms with E-state index >= 15 is 0 Å². The summed E-state index contributed by atoms with van der Waals surface area (Å²) in [5.41, 5.74) is 0. The number of nitrogens with zero attached hydrogens (tertiary/aromatic N) is 1. The van der Waals surface area contributed by atoms with Gasteiger partial charge in [0, 0.05) is 4.90 Å². The molecule has 0 N–H and O–H groups in total. The van der Waals surface area contributed by atoms with E-state index in [-0.39, 0.29) is 6.61 Å². The summed E-state index contributed by atoms with van der Waals surface area (Å²) in [4.78, 5) is 1.05. The average Bonchev–Trinajstić information content (AvgIpc) is 2.26. The first kappa shape index (κ1) is 11.2. The highest BCUT2D eigenvalue weighted by molar-refractivity contribution is 7.98. The lowest BCUT2D eigenvalue weighted by Gasteiger charge is -2.09. The topological polar surface area (TPSA) is 33.0 Å². The molecule has 0 aromatic heterocycles. The molecule has 0 aliphatic rings. The highest BCUT2D eigenvalue weighted by atomic mass is 35.5. The van der Waals surface area contributed by atoms with Crippen molar-refractivity contribution in [3.8, 4) is 11.8 Å². The van der Waals surface area contributed by atoms with Crippen molar-refractivity contribution in [2.45, 2.75) is 10.3 Å². The normalized spacial score (nSPS) is 11.8. The molecular formula is C10H10ClNOS. The van der Waals surface area contributed by atoms with Crippen LogP contribution in [0.4, 0.5) is 0 Å². The Kier molecular flexibility index (Phi) is 4.64. The first-order valence-corrected chi connectivity index (χ1v) is 5.73. The molecule has 14 heavy (non-hydrogen) atoms. The molecule has 74 valence electrons. The van der Waals surface area contributed by atoms with Crippen molar-refractivity contribution in [2.75, 3.05) is 12.9 Å². The van der Waals surface area contributed by atoms with Crippen LogP contribution in [0.25, 0.3) is 0 Å². The summed E-state index contributed by atoms with van der Waals surface area (Å²) in [6.45, 7) is 0.218. The number of halogens is 1. The summed E-state index contributed by atoms with van der Waals surface area (Å²) in [6, 6.07) is 9.58. The zero-order chi connectivity index (χ0) is 10.4. The molecule has 1 atom stereocenters. The Bertz CT molecular complexity index is 337. The van der Waals surface area contributed by atoms with Crippen molar-refractivity contribution < 1.29 is 4.74 Å². The van der Waals surface area contributed by atoms with E-state index in [2.05, 4.69) is 0 Å². The molecule has 1 unspecified atom stereocenters. The predicted molar refractivity (Wildman–Crippen MR) is 59.0 cm³/mol. The van der Waals surface area contributed by atoms with Gasteiger partial charge in [0.15, 0.2) is 5.38 Å². The molecule has 0 bridgehead atoms. The first-order valence-electron chi connectivity index (χ1n) is 4.07. The minimum atomic E-state index is -0.593. The molecule has 0 aliphatic heterocycles. The van der Waals surface area contributed by atoms with Crippen LogP contribution in [0.1, 0.15) is 0 Å². The third-order valence-corrected chi connectivity index (χ3v) is 2.59. The fourth-order valence-corrected chi connectivity index (χ4v) is 1.54. The molecule has 0 saturated heterocycles. The van der Waals surface area contributed by atoms with Gasteiger partial charge in [-0.15, -0.1) is 23.4 Å². The molecule has 0 saturated carbocycles. The monoisotopic (exact) mass is 227 g/mol. The molecule has 0 heterocycles. The van der Waals surface area contributed by atoms with E-state index in [0.717, 1.165) is 10.6 Å². The molecule has 1 rings (SSSR count). The summed E-state index contributed by atoms with van der Waals surface area (Å²) in [5.74, 6) is 0.779. The lowest BCUT2D eigenvalue weighted by molar-refractivity contribution is 0.321. The van der Waals surface area contributed by atoms with E-state index < -0.39 is 5.38 Å². The predicted octanol–water partition coefficient (Wildman–Crippen LogP) is 2.92. The molecule has 0 amide bonds. The second-order valence-corrected chi connectivity index (χ2v) is 3.93. The third kappa shape index (κ3) is 3.13. The minimum absolute atomic E-state index is 0.218. The fraction of sp³-hybridized carbons (Fsp3) is 0.300. The van der Waals surface area contributed by atoms with E-state index in [4.69, 9.17) is 21.6 Å². The van der Waals surface area contributed by atoms with E-state index in [1.54, 1.807) is 11.8 Å². The average molecular weight is 228 g/mol. The van der Waals surface area contributed by atoms with Gasteiger partial charge in [0.05, 0.1) is 6.07 Å². The van der Waals surface area contributed by atoms with E-state index in [0.29, 0.717) is 0 Å². The molecular weight excluding hydrogens is 218 g/mol. The standard InChI is InChI=1S/C10H10ClNOS/c1-14-10-5-3-2-4-9(10)13-7-8(11)6-12/h2-5,8H,7H2,1H3. The molecule has 0 fully saturated rings. The molecule has 0 aliphatic carbocycles. The summed E-state index contributed by atoms with van der Waals surface area (Å²) < 4.78 is 5.41. The van der Waals surface area contributed by atoms with Gasteiger partial charge in [0.25, 0.3) is 0 Å². The van der Waals surface area contributed by atoms with E-state index in [1.807, 2.05) is 36.6 Å². The van der Waals surface area contributed by atoms with Crippen LogP contribution in [0, 0.1) is 11.3 Å². The maximum Gasteiger partial charge on any atom is 0.154 e. The Morgan fingerprint density at radius 1 is 1.57 bits per heavy atom. The maximum atomic E-state index is 8.47. The Morgan fingerprint density at radius 2 is 2.29 bits per heavy atom. The maximum absolute atomic E-state index is 8.47. The lowest BCUT2D eigenvalue weighted by atomic mass is 10.3. The van der Waals surface area contributed by atoms with Gasteiger partial charge in [-0.05, 0) is 18.4 Å². The summed E-state index contributed by atoms with van der Waals surface area (Å²) >= 11 is 7.22. The number of hydrogen-bond donors (Lipinski definition) is 0. The summed E-state index contributed by atoms with van der Waals surface area (Å²) in [6.07, 6.45) is 1.98. The van der Waals surface area contributed by atoms with Crippen LogP contribution >= 0.6 is 23.4 Å². The van der Waals surface area contributed by atoms with Crippen molar-refractivity contribution in [2.24, 2.45) is 0 Å². The lowest BCUT2D eigenvalue weighted by Crippen LogP contribution is -2.09. The van der Waals surface area contributed by atoms with Gasteiger partial charge in [0.2, 0.25) is 0 Å². The third-order valence-electron chi connectivity index (χ3n) is 1.59. The number of hydrogen-bond acceptors (Lipinski definition) is 3. The minimum Gasteiger partial charge on any atom is -0.490 e. The van der Waals surface area contributed by atoms with Crippen molar-refractivity contribution in [3.63, 3.8) is 0 Å². The van der Waals surface area contributed by atoms with Gasteiger partial charge in [0.1, 0.15) is 12.4 Å².